The van der Waals surface area contributed by atoms with Crippen LogP contribution in [0, 0.1) is 17.8 Å². The van der Waals surface area contributed by atoms with E-state index in [2.05, 4.69) is 12.2 Å². The molecule has 0 saturated heterocycles. The maximum absolute atomic E-state index is 11.0. The number of aliphatic carboxylic acids is 1. The lowest BCUT2D eigenvalue weighted by atomic mass is 9.94. The molecule has 0 aliphatic heterocycles. The van der Waals surface area contributed by atoms with Gasteiger partial charge in [-0.25, -0.2) is 0 Å². The van der Waals surface area contributed by atoms with E-state index in [1.165, 1.54) is 0 Å². The molecule has 1 amide bonds. The highest BCUT2D eigenvalue weighted by molar-refractivity contribution is 5.85. The van der Waals surface area contributed by atoms with Crippen LogP contribution in [0.3, 0.4) is 0 Å². The Labute approximate surface area is 139 Å². The minimum Gasteiger partial charge on any atom is -0.481 e. The zero-order valence-corrected chi connectivity index (χ0v) is 14.5. The highest BCUT2D eigenvalue weighted by atomic mass is 35.5. The molecule has 1 fully saturated rings. The van der Waals surface area contributed by atoms with Crippen molar-refractivity contribution in [3.8, 4) is 0 Å². The number of unbranched alkanes of at least 4 members (excludes halogenated alkanes) is 2. The number of hydrogen-bond donors (Lipinski definition) is 3. The summed E-state index contributed by atoms with van der Waals surface area (Å²) in [7, 11) is 0. The topological polar surface area (TPSA) is 92.4 Å². The molecule has 0 radical (unpaired) electrons. The van der Waals surface area contributed by atoms with E-state index in [1.807, 2.05) is 0 Å². The number of nitrogens with two attached hydrogens (primary N) is 1. The summed E-state index contributed by atoms with van der Waals surface area (Å²) in [5.41, 5.74) is 6.03. The van der Waals surface area contributed by atoms with E-state index in [9.17, 15) is 9.59 Å². The van der Waals surface area contributed by atoms with Crippen molar-refractivity contribution in [1.29, 1.82) is 0 Å². The number of amides is 1. The van der Waals surface area contributed by atoms with Gasteiger partial charge < -0.3 is 16.2 Å². The van der Waals surface area contributed by atoms with E-state index in [1.54, 1.807) is 6.92 Å². The van der Waals surface area contributed by atoms with Gasteiger partial charge in [-0.05, 0) is 37.5 Å². The van der Waals surface area contributed by atoms with Crippen molar-refractivity contribution in [2.24, 2.45) is 23.5 Å². The third kappa shape index (κ3) is 7.99. The summed E-state index contributed by atoms with van der Waals surface area (Å²) < 4.78 is 0. The third-order valence-electron chi connectivity index (χ3n) is 4.57. The van der Waals surface area contributed by atoms with Crippen LogP contribution in [-0.2, 0) is 9.59 Å². The summed E-state index contributed by atoms with van der Waals surface area (Å²) in [6, 6.07) is 0.0600. The molecule has 4 unspecified atom stereocenters. The quantitative estimate of drug-likeness (QED) is 0.565. The molecule has 22 heavy (non-hydrogen) atoms. The van der Waals surface area contributed by atoms with Crippen LogP contribution < -0.4 is 11.1 Å². The van der Waals surface area contributed by atoms with Gasteiger partial charge in [0.1, 0.15) is 0 Å². The highest BCUT2D eigenvalue weighted by Gasteiger charge is 2.35. The summed E-state index contributed by atoms with van der Waals surface area (Å²) in [5.74, 6) is -0.00518. The van der Waals surface area contributed by atoms with E-state index >= 15 is 0 Å². The Bertz CT molecular complexity index is 352. The largest absolute Gasteiger partial charge is 0.481 e. The average Bonchev–Trinajstić information content (AvgIpc) is 2.78. The monoisotopic (exact) mass is 334 g/mol. The van der Waals surface area contributed by atoms with Crippen molar-refractivity contribution in [1.82, 2.24) is 5.32 Å². The second-order valence-corrected chi connectivity index (χ2v) is 6.61. The number of carbonyl (C=O) groups is 2. The van der Waals surface area contributed by atoms with Crippen LogP contribution in [0.25, 0.3) is 0 Å². The third-order valence-corrected chi connectivity index (χ3v) is 4.57. The van der Waals surface area contributed by atoms with Crippen LogP contribution in [0.1, 0.15) is 58.8 Å². The molecule has 4 N–H and O–H groups in total. The first-order chi connectivity index (χ1) is 9.90. The number of hydrogen-bond acceptors (Lipinski definition) is 3. The Kier molecular flexibility index (Phi) is 10.4. The number of carbonyl (C=O) groups excluding carboxylic acids is 1. The van der Waals surface area contributed by atoms with Crippen LogP contribution in [0.4, 0.5) is 0 Å². The fourth-order valence-corrected chi connectivity index (χ4v) is 3.19. The predicted octanol–water partition coefficient (Wildman–Crippen LogP) is 2.57. The zero-order valence-electron chi connectivity index (χ0n) is 13.7. The van der Waals surface area contributed by atoms with E-state index < -0.39 is 5.97 Å². The lowest BCUT2D eigenvalue weighted by molar-refractivity contribution is -0.141. The number of carboxylic acid groups (broad SMARTS) is 1. The second kappa shape index (κ2) is 10.8. The first kappa shape index (κ1) is 21.2. The molecular formula is C16H31ClN2O3. The lowest BCUT2D eigenvalue weighted by Gasteiger charge is -2.15. The van der Waals surface area contributed by atoms with E-state index in [0.29, 0.717) is 18.3 Å². The molecule has 0 aromatic heterocycles. The molecule has 4 atom stereocenters. The van der Waals surface area contributed by atoms with Gasteiger partial charge in [0.2, 0.25) is 5.91 Å². The molecule has 1 saturated carbocycles. The fourth-order valence-electron chi connectivity index (χ4n) is 3.19. The van der Waals surface area contributed by atoms with Gasteiger partial charge in [0.25, 0.3) is 0 Å². The second-order valence-electron chi connectivity index (χ2n) is 6.61. The highest BCUT2D eigenvalue weighted by Crippen LogP contribution is 2.33. The minimum absolute atomic E-state index is 0. The summed E-state index contributed by atoms with van der Waals surface area (Å²) in [6.07, 6.45) is 6.98. The van der Waals surface area contributed by atoms with Crippen molar-refractivity contribution in [2.45, 2.75) is 64.8 Å². The Morgan fingerprint density at radius 3 is 2.50 bits per heavy atom. The first-order valence-electron chi connectivity index (χ1n) is 8.13. The molecule has 0 spiro atoms. The number of rotatable bonds is 9. The molecule has 0 bridgehead atoms. The van der Waals surface area contributed by atoms with Gasteiger partial charge in [0.15, 0.2) is 0 Å². The number of halogens is 1. The summed E-state index contributed by atoms with van der Waals surface area (Å²) in [6.45, 7) is 4.45. The maximum Gasteiger partial charge on any atom is 0.306 e. The van der Waals surface area contributed by atoms with Gasteiger partial charge in [-0.3, -0.25) is 9.59 Å². The van der Waals surface area contributed by atoms with Gasteiger partial charge in [-0.15, -0.1) is 12.4 Å². The Balaban J connectivity index is 0.00000441. The van der Waals surface area contributed by atoms with Crippen LogP contribution in [0.15, 0.2) is 0 Å². The molecule has 130 valence electrons. The lowest BCUT2D eigenvalue weighted by Crippen LogP contribution is -2.25. The van der Waals surface area contributed by atoms with Gasteiger partial charge in [-0.1, -0.05) is 26.2 Å². The molecule has 5 nitrogen and oxygen atoms in total. The fraction of sp³-hybridized carbons (Fsp3) is 0.875. The molecular weight excluding hydrogens is 304 g/mol. The smallest absolute Gasteiger partial charge is 0.306 e. The van der Waals surface area contributed by atoms with Crippen molar-refractivity contribution in [3.63, 3.8) is 0 Å². The van der Waals surface area contributed by atoms with Crippen molar-refractivity contribution in [2.75, 3.05) is 6.54 Å². The SMILES string of the molecule is CC(=O)NCC(C)CCCCCC1CC(C(=O)O)CC1N.Cl. The Hall–Kier alpha value is -0.810. The molecule has 1 rings (SSSR count). The normalized spacial score (nSPS) is 25.3. The molecule has 6 heteroatoms. The predicted molar refractivity (Wildman–Crippen MR) is 90.0 cm³/mol. The standard InChI is InChI=1S/C16H30N2O3.ClH/c1-11(10-18-12(2)19)6-4-3-5-7-13-8-14(16(20)21)9-15(13)17;/h11,13-15H,3-10,17H2,1-2H3,(H,18,19)(H,20,21);1H. The maximum atomic E-state index is 11.0. The van der Waals surface area contributed by atoms with Crippen LogP contribution in [0.5, 0.6) is 0 Å². The van der Waals surface area contributed by atoms with E-state index in [-0.39, 0.29) is 30.3 Å². The number of nitrogens with one attached hydrogen (secondary N) is 1. The van der Waals surface area contributed by atoms with E-state index in [0.717, 1.165) is 45.1 Å². The molecule has 1 aliphatic carbocycles. The zero-order chi connectivity index (χ0) is 15.8. The van der Waals surface area contributed by atoms with E-state index in [4.69, 9.17) is 10.8 Å². The Morgan fingerprint density at radius 2 is 1.95 bits per heavy atom. The summed E-state index contributed by atoms with van der Waals surface area (Å²) in [4.78, 5) is 21.8. The summed E-state index contributed by atoms with van der Waals surface area (Å²) in [5, 5.41) is 11.9. The van der Waals surface area contributed by atoms with Crippen molar-refractivity contribution >= 4 is 24.3 Å². The van der Waals surface area contributed by atoms with Gasteiger partial charge in [-0.2, -0.15) is 0 Å². The van der Waals surface area contributed by atoms with Crippen molar-refractivity contribution in [3.05, 3.63) is 0 Å². The van der Waals surface area contributed by atoms with Crippen LogP contribution in [0.2, 0.25) is 0 Å². The Morgan fingerprint density at radius 1 is 1.27 bits per heavy atom. The average molecular weight is 335 g/mol. The van der Waals surface area contributed by atoms with Gasteiger partial charge in [0.05, 0.1) is 5.92 Å². The molecule has 0 heterocycles. The molecule has 0 aromatic carbocycles. The van der Waals surface area contributed by atoms with Gasteiger partial charge >= 0.3 is 5.97 Å². The minimum atomic E-state index is -0.695. The molecule has 0 aromatic rings. The molecule has 1 aliphatic rings. The number of carboxylic acids is 1. The summed E-state index contributed by atoms with van der Waals surface area (Å²) >= 11 is 0. The van der Waals surface area contributed by atoms with Crippen molar-refractivity contribution < 1.29 is 14.7 Å². The van der Waals surface area contributed by atoms with Crippen LogP contribution >= 0.6 is 12.4 Å². The first-order valence-corrected chi connectivity index (χ1v) is 8.13. The van der Waals surface area contributed by atoms with Crippen LogP contribution in [-0.4, -0.2) is 29.6 Å². The van der Waals surface area contributed by atoms with Gasteiger partial charge in [0, 0.05) is 19.5 Å².